The molecule has 20 heavy (non-hydrogen) atoms. The molecule has 1 saturated carbocycles. The molecular formula is C18H22NSe. The van der Waals surface area contributed by atoms with Crippen molar-refractivity contribution >= 4 is 21.0 Å². The van der Waals surface area contributed by atoms with Crippen LogP contribution in [0.5, 0.6) is 0 Å². The van der Waals surface area contributed by atoms with Crippen molar-refractivity contribution in [3.8, 4) is 0 Å². The van der Waals surface area contributed by atoms with Crippen LogP contribution in [0.4, 0.5) is 0 Å². The van der Waals surface area contributed by atoms with E-state index in [1.165, 1.54) is 16.3 Å². The Morgan fingerprint density at radius 2 is 1.90 bits per heavy atom. The molecule has 0 aromatic heterocycles. The van der Waals surface area contributed by atoms with E-state index in [1.807, 2.05) is 0 Å². The van der Waals surface area contributed by atoms with Gasteiger partial charge < -0.3 is 0 Å². The van der Waals surface area contributed by atoms with Crippen LogP contribution in [0.1, 0.15) is 12.5 Å². The molecule has 105 valence electrons. The third-order valence-corrected chi connectivity index (χ3v) is 5.66. The first-order valence-corrected chi connectivity index (χ1v) is 9.01. The molecule has 0 amide bonds. The van der Waals surface area contributed by atoms with Gasteiger partial charge in [0.1, 0.15) is 0 Å². The maximum atomic E-state index is 2.30. The molecule has 0 N–H and O–H groups in total. The molecule has 5 radical (unpaired) electrons. The first-order chi connectivity index (χ1) is 9.68. The van der Waals surface area contributed by atoms with E-state index in [-0.39, 0.29) is 0 Å². The number of hydrogen-bond donors (Lipinski definition) is 0. The summed E-state index contributed by atoms with van der Waals surface area (Å²) in [5.74, 6) is 1.49. The average molecular weight is 331 g/mol. The van der Waals surface area contributed by atoms with Gasteiger partial charge in [-0.1, -0.05) is 0 Å². The fourth-order valence-electron chi connectivity index (χ4n) is 2.06. The Bertz CT molecular complexity index is 413. The van der Waals surface area contributed by atoms with Gasteiger partial charge >= 0.3 is 130 Å². The van der Waals surface area contributed by atoms with Crippen molar-refractivity contribution in [1.82, 2.24) is 4.90 Å². The van der Waals surface area contributed by atoms with Crippen LogP contribution in [0.2, 0.25) is 5.32 Å². The van der Waals surface area contributed by atoms with E-state index in [2.05, 4.69) is 87.7 Å². The molecule has 1 atom stereocenters. The van der Waals surface area contributed by atoms with Gasteiger partial charge in [0.05, 0.1) is 0 Å². The third kappa shape index (κ3) is 4.48. The zero-order valence-electron chi connectivity index (χ0n) is 12.4. The molecule has 2 heteroatoms. The van der Waals surface area contributed by atoms with Crippen LogP contribution < -0.4 is 0 Å². The second-order valence-electron chi connectivity index (χ2n) is 5.11. The molecule has 0 spiro atoms. The summed E-state index contributed by atoms with van der Waals surface area (Å²) in [7, 11) is 4.29. The molecule has 0 bridgehead atoms. The van der Waals surface area contributed by atoms with E-state index in [0.717, 1.165) is 5.32 Å². The van der Waals surface area contributed by atoms with E-state index in [0.29, 0.717) is 21.0 Å². The zero-order valence-corrected chi connectivity index (χ0v) is 14.1. The van der Waals surface area contributed by atoms with Gasteiger partial charge in [-0.2, -0.15) is 0 Å². The van der Waals surface area contributed by atoms with Crippen LogP contribution in [0.3, 0.4) is 0 Å². The van der Waals surface area contributed by atoms with Crippen molar-refractivity contribution in [3.05, 3.63) is 72.0 Å². The number of nitrogens with zero attached hydrogens (tertiary/aromatic N) is 1. The van der Waals surface area contributed by atoms with Crippen molar-refractivity contribution < 1.29 is 0 Å². The van der Waals surface area contributed by atoms with E-state index in [1.54, 1.807) is 0 Å². The molecule has 1 aliphatic rings. The van der Waals surface area contributed by atoms with Gasteiger partial charge in [-0.3, -0.25) is 0 Å². The molecule has 0 unspecified atom stereocenters. The van der Waals surface area contributed by atoms with Crippen LogP contribution in [0.25, 0.3) is 6.08 Å². The minimum atomic E-state index is 0.500. The Hall–Kier alpha value is -0.561. The summed E-state index contributed by atoms with van der Waals surface area (Å²) in [5.41, 5.74) is 1.28. The zero-order chi connectivity index (χ0) is 14.4. The maximum absolute atomic E-state index is 2.30. The van der Waals surface area contributed by atoms with Gasteiger partial charge in [0, 0.05) is 0 Å². The van der Waals surface area contributed by atoms with Gasteiger partial charge in [0.25, 0.3) is 0 Å². The molecule has 1 aliphatic carbocycles. The van der Waals surface area contributed by atoms with E-state index in [9.17, 15) is 0 Å². The molecule has 1 aromatic carbocycles. The molecule has 2 rings (SSSR count). The molecule has 1 fully saturated rings. The second kappa shape index (κ2) is 8.02. The van der Waals surface area contributed by atoms with E-state index >= 15 is 0 Å². The summed E-state index contributed by atoms with van der Waals surface area (Å²) in [4.78, 5) is 3.81. The number of allylic oxidation sites excluding steroid dienone is 1. The summed E-state index contributed by atoms with van der Waals surface area (Å²) in [6.07, 6.45) is 11.3. The van der Waals surface area contributed by atoms with Crippen molar-refractivity contribution in [2.45, 2.75) is 18.3 Å². The van der Waals surface area contributed by atoms with Crippen LogP contribution in [0, 0.1) is 30.0 Å². The number of rotatable bonds is 6. The fraction of sp³-hybridized carbons (Fsp3) is 0.278. The fourth-order valence-corrected chi connectivity index (χ4v) is 4.06. The third-order valence-electron chi connectivity index (χ3n) is 3.48. The van der Waals surface area contributed by atoms with Crippen LogP contribution in [-0.2, 0) is 0 Å². The monoisotopic (exact) mass is 332 g/mol. The van der Waals surface area contributed by atoms with Gasteiger partial charge in [0.15, 0.2) is 0 Å². The standard InChI is InChI=1S/C18H22NSe/c1-15(19(2)3)17-12-7-13-18(17)20-14-8-11-16-9-5-4-6-10-16/h4-13,15H,14H2,1-3H3/b11-8+/t15-/m1/s1. The SMILES string of the molecule is C[C@H]([C]1[CH][CH][CH][C]1[Se]C/C=C/c1ccccc1)N(C)C. The first kappa shape index (κ1) is 15.8. The van der Waals surface area contributed by atoms with Crippen molar-refractivity contribution in [1.29, 1.82) is 0 Å². The van der Waals surface area contributed by atoms with Gasteiger partial charge in [-0.05, 0) is 0 Å². The van der Waals surface area contributed by atoms with Crippen molar-refractivity contribution in [2.24, 2.45) is 0 Å². The molecule has 1 nitrogen and oxygen atoms in total. The van der Waals surface area contributed by atoms with E-state index < -0.39 is 0 Å². The van der Waals surface area contributed by atoms with Gasteiger partial charge in [-0.15, -0.1) is 0 Å². The predicted molar refractivity (Wildman–Crippen MR) is 88.6 cm³/mol. The number of hydrogen-bond acceptors (Lipinski definition) is 1. The molecule has 0 heterocycles. The second-order valence-corrected chi connectivity index (χ2v) is 7.34. The van der Waals surface area contributed by atoms with Gasteiger partial charge in [-0.25, -0.2) is 0 Å². The Balaban J connectivity index is 1.80. The topological polar surface area (TPSA) is 3.24 Å². The Labute approximate surface area is 130 Å². The summed E-state index contributed by atoms with van der Waals surface area (Å²) < 4.78 is 0. The summed E-state index contributed by atoms with van der Waals surface area (Å²) >= 11 is 0.522. The van der Waals surface area contributed by atoms with Crippen LogP contribution >= 0.6 is 0 Å². The minimum absolute atomic E-state index is 0.500. The summed E-state index contributed by atoms with van der Waals surface area (Å²) in [6.45, 7) is 2.27. The summed E-state index contributed by atoms with van der Waals surface area (Å²) in [5, 5.41) is 1.15. The van der Waals surface area contributed by atoms with E-state index in [4.69, 9.17) is 0 Å². The molecule has 0 saturated heterocycles. The molecule has 0 aliphatic heterocycles. The predicted octanol–water partition coefficient (Wildman–Crippen LogP) is 3.51. The molecular weight excluding hydrogens is 309 g/mol. The average Bonchev–Trinajstić information content (AvgIpc) is 2.92. The Kier molecular flexibility index (Phi) is 6.35. The summed E-state index contributed by atoms with van der Waals surface area (Å²) in [6, 6.07) is 11.0. The first-order valence-electron chi connectivity index (χ1n) is 6.95. The van der Waals surface area contributed by atoms with Crippen molar-refractivity contribution in [3.63, 3.8) is 0 Å². The van der Waals surface area contributed by atoms with Crippen LogP contribution in [0.15, 0.2) is 36.4 Å². The normalized spacial score (nSPS) is 19.2. The molecule has 1 aromatic rings. The van der Waals surface area contributed by atoms with Crippen LogP contribution in [-0.4, -0.2) is 40.0 Å². The van der Waals surface area contributed by atoms with Gasteiger partial charge in [0.2, 0.25) is 0 Å². The van der Waals surface area contributed by atoms with Crippen molar-refractivity contribution in [2.75, 3.05) is 14.1 Å². The Morgan fingerprint density at radius 1 is 1.15 bits per heavy atom. The Morgan fingerprint density at radius 3 is 2.60 bits per heavy atom. The number of benzene rings is 1. The quantitative estimate of drug-likeness (QED) is 0.721.